The lowest BCUT2D eigenvalue weighted by molar-refractivity contribution is 0.412. The van der Waals surface area contributed by atoms with E-state index in [9.17, 15) is 0 Å². The van der Waals surface area contributed by atoms with Gasteiger partial charge < -0.3 is 15.8 Å². The van der Waals surface area contributed by atoms with Crippen LogP contribution in [0, 0.1) is 13.8 Å². The molecule has 18 heavy (non-hydrogen) atoms. The summed E-state index contributed by atoms with van der Waals surface area (Å²) in [6.07, 6.45) is 0. The number of benzene rings is 2. The quantitative estimate of drug-likeness (QED) is 0.808. The number of nitrogen functional groups attached to an aromatic ring is 1. The van der Waals surface area contributed by atoms with Crippen molar-refractivity contribution in [1.82, 2.24) is 0 Å². The SMILES string of the molecule is COc1ccc(Nc2cc(N)ccc2C)cc1C. The van der Waals surface area contributed by atoms with Crippen molar-refractivity contribution >= 4 is 17.1 Å². The predicted molar refractivity (Wildman–Crippen MR) is 76.6 cm³/mol. The number of ether oxygens (including phenoxy) is 1. The molecule has 2 aromatic carbocycles. The second-order valence-corrected chi connectivity index (χ2v) is 4.38. The Morgan fingerprint density at radius 1 is 1.00 bits per heavy atom. The maximum atomic E-state index is 5.80. The summed E-state index contributed by atoms with van der Waals surface area (Å²) >= 11 is 0. The fraction of sp³-hybridized carbons (Fsp3) is 0.200. The average molecular weight is 242 g/mol. The first-order valence-electron chi connectivity index (χ1n) is 5.88. The summed E-state index contributed by atoms with van der Waals surface area (Å²) in [4.78, 5) is 0. The molecule has 0 bridgehead atoms. The Labute approximate surface area is 108 Å². The molecule has 0 aliphatic carbocycles. The molecule has 0 aromatic heterocycles. The largest absolute Gasteiger partial charge is 0.496 e. The lowest BCUT2D eigenvalue weighted by Gasteiger charge is -2.12. The van der Waals surface area contributed by atoms with Crippen molar-refractivity contribution in [1.29, 1.82) is 0 Å². The number of hydrogen-bond acceptors (Lipinski definition) is 3. The third kappa shape index (κ3) is 2.56. The number of anilines is 3. The molecule has 3 N–H and O–H groups in total. The van der Waals surface area contributed by atoms with Crippen LogP contribution in [-0.4, -0.2) is 7.11 Å². The maximum absolute atomic E-state index is 5.80. The van der Waals surface area contributed by atoms with Gasteiger partial charge in [0.25, 0.3) is 0 Å². The molecule has 0 amide bonds. The number of aryl methyl sites for hydroxylation is 2. The first-order valence-corrected chi connectivity index (χ1v) is 5.88. The van der Waals surface area contributed by atoms with Gasteiger partial charge in [0, 0.05) is 17.1 Å². The topological polar surface area (TPSA) is 47.3 Å². The number of rotatable bonds is 3. The average Bonchev–Trinajstić information content (AvgIpc) is 2.34. The molecule has 0 heterocycles. The highest BCUT2D eigenvalue weighted by Gasteiger charge is 2.02. The van der Waals surface area contributed by atoms with E-state index in [4.69, 9.17) is 10.5 Å². The van der Waals surface area contributed by atoms with Crippen LogP contribution in [0.4, 0.5) is 17.1 Å². The smallest absolute Gasteiger partial charge is 0.121 e. The molecule has 0 saturated carbocycles. The van der Waals surface area contributed by atoms with E-state index in [-0.39, 0.29) is 0 Å². The molecule has 2 rings (SSSR count). The fourth-order valence-electron chi connectivity index (χ4n) is 1.89. The molecule has 0 radical (unpaired) electrons. The zero-order chi connectivity index (χ0) is 13.1. The highest BCUT2D eigenvalue weighted by atomic mass is 16.5. The van der Waals surface area contributed by atoms with E-state index in [0.717, 1.165) is 33.9 Å². The zero-order valence-corrected chi connectivity index (χ0v) is 10.9. The van der Waals surface area contributed by atoms with Gasteiger partial charge in [0.05, 0.1) is 7.11 Å². The zero-order valence-electron chi connectivity index (χ0n) is 10.9. The Kier molecular flexibility index (Phi) is 3.42. The van der Waals surface area contributed by atoms with Crippen molar-refractivity contribution in [3.63, 3.8) is 0 Å². The monoisotopic (exact) mass is 242 g/mol. The third-order valence-electron chi connectivity index (χ3n) is 2.94. The van der Waals surface area contributed by atoms with Crippen molar-refractivity contribution in [3.8, 4) is 5.75 Å². The van der Waals surface area contributed by atoms with Crippen LogP contribution < -0.4 is 15.8 Å². The van der Waals surface area contributed by atoms with Crippen molar-refractivity contribution < 1.29 is 4.74 Å². The van der Waals surface area contributed by atoms with E-state index in [1.807, 2.05) is 37.3 Å². The van der Waals surface area contributed by atoms with Crippen LogP contribution in [0.2, 0.25) is 0 Å². The summed E-state index contributed by atoms with van der Waals surface area (Å²) in [5, 5.41) is 3.37. The molecule has 0 atom stereocenters. The van der Waals surface area contributed by atoms with E-state index in [2.05, 4.69) is 18.3 Å². The molecule has 94 valence electrons. The van der Waals surface area contributed by atoms with Crippen molar-refractivity contribution in [2.75, 3.05) is 18.2 Å². The number of nitrogens with two attached hydrogens (primary N) is 1. The first kappa shape index (κ1) is 12.3. The van der Waals surface area contributed by atoms with Crippen LogP contribution >= 0.6 is 0 Å². The van der Waals surface area contributed by atoms with Gasteiger partial charge in [-0.15, -0.1) is 0 Å². The normalized spacial score (nSPS) is 10.2. The minimum atomic E-state index is 0.758. The van der Waals surface area contributed by atoms with Gasteiger partial charge in [0.2, 0.25) is 0 Å². The van der Waals surface area contributed by atoms with Gasteiger partial charge in [0.1, 0.15) is 5.75 Å². The van der Waals surface area contributed by atoms with Gasteiger partial charge in [-0.25, -0.2) is 0 Å². The lowest BCUT2D eigenvalue weighted by atomic mass is 10.1. The summed E-state index contributed by atoms with van der Waals surface area (Å²) in [5.41, 5.74) is 10.9. The summed E-state index contributed by atoms with van der Waals surface area (Å²) < 4.78 is 5.25. The van der Waals surface area contributed by atoms with Gasteiger partial charge in [-0.2, -0.15) is 0 Å². The molecule has 0 spiro atoms. The summed E-state index contributed by atoms with van der Waals surface area (Å²) in [6, 6.07) is 11.9. The molecule has 0 unspecified atom stereocenters. The van der Waals surface area contributed by atoms with E-state index in [1.165, 1.54) is 0 Å². The maximum Gasteiger partial charge on any atom is 0.121 e. The molecule has 2 aromatic rings. The standard InChI is InChI=1S/C15H18N2O/c1-10-4-5-12(16)9-14(10)17-13-6-7-15(18-3)11(2)8-13/h4-9,17H,16H2,1-3H3. The number of methoxy groups -OCH3 is 1. The van der Waals surface area contributed by atoms with E-state index < -0.39 is 0 Å². The summed E-state index contributed by atoms with van der Waals surface area (Å²) in [6.45, 7) is 4.08. The molecule has 3 heteroatoms. The first-order chi connectivity index (χ1) is 8.60. The Morgan fingerprint density at radius 3 is 2.44 bits per heavy atom. The van der Waals surface area contributed by atoms with Crippen LogP contribution in [0.1, 0.15) is 11.1 Å². The molecule has 0 saturated heterocycles. The fourth-order valence-corrected chi connectivity index (χ4v) is 1.89. The second-order valence-electron chi connectivity index (χ2n) is 4.38. The van der Waals surface area contributed by atoms with Crippen molar-refractivity contribution in [2.45, 2.75) is 13.8 Å². The van der Waals surface area contributed by atoms with Crippen molar-refractivity contribution in [2.24, 2.45) is 0 Å². The molecule has 0 fully saturated rings. The van der Waals surface area contributed by atoms with Gasteiger partial charge in [-0.1, -0.05) is 6.07 Å². The van der Waals surface area contributed by atoms with E-state index in [0.29, 0.717) is 0 Å². The Morgan fingerprint density at radius 2 is 1.78 bits per heavy atom. The summed E-state index contributed by atoms with van der Waals surface area (Å²) in [5.74, 6) is 0.893. The van der Waals surface area contributed by atoms with Gasteiger partial charge >= 0.3 is 0 Å². The predicted octanol–water partition coefficient (Wildman–Crippen LogP) is 3.64. The van der Waals surface area contributed by atoms with Crippen LogP contribution in [0.15, 0.2) is 36.4 Å². The second kappa shape index (κ2) is 5.00. The van der Waals surface area contributed by atoms with Crippen LogP contribution in [0.25, 0.3) is 0 Å². The van der Waals surface area contributed by atoms with E-state index >= 15 is 0 Å². The molecule has 3 nitrogen and oxygen atoms in total. The van der Waals surface area contributed by atoms with Crippen LogP contribution in [0.5, 0.6) is 5.75 Å². The molecule has 0 aliphatic rings. The Hall–Kier alpha value is -2.16. The van der Waals surface area contributed by atoms with Gasteiger partial charge in [-0.05, 0) is 55.3 Å². The minimum absolute atomic E-state index is 0.758. The highest BCUT2D eigenvalue weighted by molar-refractivity contribution is 5.68. The molecule has 0 aliphatic heterocycles. The minimum Gasteiger partial charge on any atom is -0.496 e. The Bertz CT molecular complexity index is 564. The van der Waals surface area contributed by atoms with Crippen LogP contribution in [-0.2, 0) is 0 Å². The van der Waals surface area contributed by atoms with Gasteiger partial charge in [0.15, 0.2) is 0 Å². The number of nitrogens with one attached hydrogen (secondary N) is 1. The van der Waals surface area contributed by atoms with Crippen molar-refractivity contribution in [3.05, 3.63) is 47.5 Å². The molecular weight excluding hydrogens is 224 g/mol. The summed E-state index contributed by atoms with van der Waals surface area (Å²) in [7, 11) is 1.68. The lowest BCUT2D eigenvalue weighted by Crippen LogP contribution is -1.96. The molecular formula is C15H18N2O. The Balaban J connectivity index is 2.28. The third-order valence-corrected chi connectivity index (χ3v) is 2.94. The van der Waals surface area contributed by atoms with Gasteiger partial charge in [-0.3, -0.25) is 0 Å². The number of hydrogen-bond donors (Lipinski definition) is 2. The van der Waals surface area contributed by atoms with Crippen LogP contribution in [0.3, 0.4) is 0 Å². The van der Waals surface area contributed by atoms with E-state index in [1.54, 1.807) is 7.11 Å². The highest BCUT2D eigenvalue weighted by Crippen LogP contribution is 2.26.